The molecule has 1 N–H and O–H groups in total. The molecule has 2 aromatic heterocycles. The molecular formula is C35H39F6N7O5. The van der Waals surface area contributed by atoms with Gasteiger partial charge in [0, 0.05) is 44.2 Å². The van der Waals surface area contributed by atoms with E-state index >= 15 is 0 Å². The van der Waals surface area contributed by atoms with Crippen molar-refractivity contribution in [3.05, 3.63) is 70.7 Å². The average Bonchev–Trinajstić information content (AvgIpc) is 3.11. The minimum Gasteiger partial charge on any atom is -0.481 e. The van der Waals surface area contributed by atoms with Crippen molar-refractivity contribution in [2.24, 2.45) is 0 Å². The van der Waals surface area contributed by atoms with Crippen molar-refractivity contribution in [3.63, 3.8) is 0 Å². The number of nitrogens with one attached hydrogen (secondary N) is 1. The highest BCUT2D eigenvalue weighted by Crippen LogP contribution is 2.41. The molecule has 1 fully saturated rings. The normalized spacial score (nSPS) is 19.3. The molecule has 1 aromatic carbocycles. The van der Waals surface area contributed by atoms with Gasteiger partial charge in [-0.2, -0.15) is 31.4 Å². The molecule has 0 radical (unpaired) electrons. The number of rotatable bonds is 11. The lowest BCUT2D eigenvalue weighted by Gasteiger charge is -2.41. The number of hydroxylamine groups is 2. The van der Waals surface area contributed by atoms with Crippen LogP contribution in [0.2, 0.25) is 0 Å². The molecule has 1 saturated heterocycles. The van der Waals surface area contributed by atoms with Crippen LogP contribution in [0, 0.1) is 0 Å². The minimum atomic E-state index is -5.05. The molecule has 3 aromatic rings. The van der Waals surface area contributed by atoms with E-state index in [0.717, 1.165) is 0 Å². The third-order valence-electron chi connectivity index (χ3n) is 8.92. The Hall–Kier alpha value is -4.93. The molecule has 3 atom stereocenters. The predicted octanol–water partition coefficient (Wildman–Crippen LogP) is 6.64. The Bertz CT molecular complexity index is 1790. The summed E-state index contributed by atoms with van der Waals surface area (Å²) < 4.78 is 93.8. The average molecular weight is 752 g/mol. The molecule has 1 unspecified atom stereocenters. The van der Waals surface area contributed by atoms with Crippen molar-refractivity contribution in [3.8, 4) is 5.88 Å². The first-order valence-electron chi connectivity index (χ1n) is 17.0. The number of pyridine rings is 1. The number of carbonyl (C=O) groups excluding carboxylic acids is 2. The summed E-state index contributed by atoms with van der Waals surface area (Å²) in [6.45, 7) is 6.74. The van der Waals surface area contributed by atoms with E-state index in [9.17, 15) is 35.9 Å². The number of fused-ring (bicyclic) bond motifs is 1. The van der Waals surface area contributed by atoms with Crippen molar-refractivity contribution < 1.29 is 50.2 Å². The predicted molar refractivity (Wildman–Crippen MR) is 181 cm³/mol. The van der Waals surface area contributed by atoms with Crippen LogP contribution in [0.1, 0.15) is 67.7 Å². The van der Waals surface area contributed by atoms with Gasteiger partial charge < -0.3 is 19.7 Å². The van der Waals surface area contributed by atoms with Gasteiger partial charge in [-0.05, 0) is 56.5 Å². The van der Waals surface area contributed by atoms with Crippen molar-refractivity contribution in [2.45, 2.75) is 70.5 Å². The molecule has 53 heavy (non-hydrogen) atoms. The standard InChI is InChI=1S/C35H39F6N7O5/c1-5-24-18-27(31-28(8-9-30(45-31)51-4)48(24)33(50)52-6-2)44-32-42-19-29(47-12-11-46(53-7-3)20-25(47)10-13-49)26(43-32)16-21-14-22(34(36,37)38)17-23(15-21)35(39,40)41/h8-10,14-15,17,19,24-25,27H,5-7,11-12,16,18,20H2,1-4H3,(H,42,43,44)/t24-,25?,27+/m1/s1. The highest BCUT2D eigenvalue weighted by Gasteiger charge is 2.39. The topological polar surface area (TPSA) is 122 Å². The van der Waals surface area contributed by atoms with E-state index in [2.05, 4.69) is 20.3 Å². The summed E-state index contributed by atoms with van der Waals surface area (Å²) in [5.74, 6) is 2.04. The molecule has 4 heterocycles. The largest absolute Gasteiger partial charge is 0.481 e. The fourth-order valence-corrected chi connectivity index (χ4v) is 6.55. The third-order valence-corrected chi connectivity index (χ3v) is 8.92. The number of nitrogens with zero attached hydrogens (tertiary/aromatic N) is 6. The van der Waals surface area contributed by atoms with Crippen LogP contribution in [0.15, 0.2) is 42.6 Å². The number of anilines is 3. The van der Waals surface area contributed by atoms with Gasteiger partial charge in [-0.25, -0.2) is 24.5 Å². The van der Waals surface area contributed by atoms with Gasteiger partial charge in [0.05, 0.1) is 72.5 Å². The fourth-order valence-electron chi connectivity index (χ4n) is 6.55. The lowest BCUT2D eigenvalue weighted by atomic mass is 9.93. The van der Waals surface area contributed by atoms with E-state index in [0.29, 0.717) is 49.5 Å². The maximum atomic E-state index is 13.8. The zero-order valence-electron chi connectivity index (χ0n) is 29.4. The number of hydrogen-bond donors (Lipinski definition) is 1. The molecule has 18 heteroatoms. The van der Waals surface area contributed by atoms with Gasteiger partial charge in [0.25, 0.3) is 0 Å². The van der Waals surface area contributed by atoms with Crippen LogP contribution in [0.4, 0.5) is 48.5 Å². The second-order valence-corrected chi connectivity index (χ2v) is 12.3. The van der Waals surface area contributed by atoms with E-state index in [1.807, 2.05) is 6.92 Å². The van der Waals surface area contributed by atoms with Gasteiger partial charge in [0.1, 0.15) is 5.94 Å². The zero-order valence-corrected chi connectivity index (χ0v) is 29.4. The number of amides is 1. The summed E-state index contributed by atoms with van der Waals surface area (Å²) in [6.07, 6.45) is -7.60. The Morgan fingerprint density at radius 2 is 1.72 bits per heavy atom. The Morgan fingerprint density at radius 3 is 2.32 bits per heavy atom. The highest BCUT2D eigenvalue weighted by molar-refractivity contribution is 5.90. The van der Waals surface area contributed by atoms with E-state index < -0.39 is 48.1 Å². The molecule has 12 nitrogen and oxygen atoms in total. The maximum Gasteiger partial charge on any atom is 0.416 e. The van der Waals surface area contributed by atoms with E-state index in [1.54, 1.807) is 41.9 Å². The molecular weight excluding hydrogens is 712 g/mol. The van der Waals surface area contributed by atoms with Crippen LogP contribution < -0.4 is 19.9 Å². The van der Waals surface area contributed by atoms with Crippen molar-refractivity contribution in [1.82, 2.24) is 20.0 Å². The van der Waals surface area contributed by atoms with Gasteiger partial charge in [0.2, 0.25) is 11.8 Å². The van der Waals surface area contributed by atoms with Gasteiger partial charge in [0.15, 0.2) is 0 Å². The number of carbonyl (C=O) groups is 1. The summed E-state index contributed by atoms with van der Waals surface area (Å²) in [4.78, 5) is 47.3. The number of alkyl halides is 6. The van der Waals surface area contributed by atoms with E-state index in [4.69, 9.17) is 14.3 Å². The number of ether oxygens (including phenoxy) is 2. The molecule has 0 spiro atoms. The van der Waals surface area contributed by atoms with Crippen LogP contribution >= 0.6 is 0 Å². The monoisotopic (exact) mass is 751 g/mol. The van der Waals surface area contributed by atoms with Crippen LogP contribution in [-0.4, -0.2) is 84.1 Å². The molecule has 0 bridgehead atoms. The van der Waals surface area contributed by atoms with Gasteiger partial charge >= 0.3 is 18.4 Å². The van der Waals surface area contributed by atoms with E-state index in [1.165, 1.54) is 24.3 Å². The Morgan fingerprint density at radius 1 is 1.00 bits per heavy atom. The molecule has 5 rings (SSSR count). The van der Waals surface area contributed by atoms with Crippen LogP contribution in [-0.2, 0) is 33.1 Å². The molecule has 2 aliphatic rings. The summed E-state index contributed by atoms with van der Waals surface area (Å²) in [7, 11) is 1.44. The molecule has 286 valence electrons. The summed E-state index contributed by atoms with van der Waals surface area (Å²) in [5, 5.41) is 4.89. The Labute approximate surface area is 301 Å². The first-order valence-corrected chi connectivity index (χ1v) is 17.0. The molecule has 1 amide bonds. The van der Waals surface area contributed by atoms with Gasteiger partial charge in [-0.15, -0.1) is 0 Å². The Balaban J connectivity index is 1.61. The van der Waals surface area contributed by atoms with Crippen molar-refractivity contribution >= 4 is 29.4 Å². The van der Waals surface area contributed by atoms with Crippen LogP contribution in [0.25, 0.3) is 0 Å². The molecule has 0 aliphatic carbocycles. The number of aromatic nitrogens is 3. The first kappa shape index (κ1) is 39.3. The van der Waals surface area contributed by atoms with Gasteiger partial charge in [-0.3, -0.25) is 9.74 Å². The number of hydrogen-bond acceptors (Lipinski definition) is 11. The van der Waals surface area contributed by atoms with Gasteiger partial charge in [-0.1, -0.05) is 6.92 Å². The van der Waals surface area contributed by atoms with Crippen molar-refractivity contribution in [2.75, 3.05) is 55.1 Å². The zero-order chi connectivity index (χ0) is 38.5. The summed E-state index contributed by atoms with van der Waals surface area (Å²) in [5.41, 5.74) is -1.96. The quantitative estimate of drug-likeness (QED) is 0.168. The number of benzene rings is 1. The minimum absolute atomic E-state index is 0.00205. The van der Waals surface area contributed by atoms with Crippen LogP contribution in [0.3, 0.4) is 0 Å². The lowest BCUT2D eigenvalue weighted by molar-refractivity contribution is -0.160. The fraction of sp³-hybridized carbons (Fsp3) is 0.486. The molecule has 2 aliphatic heterocycles. The molecule has 0 saturated carbocycles. The van der Waals surface area contributed by atoms with E-state index in [-0.39, 0.29) is 60.6 Å². The number of piperazine rings is 1. The number of methoxy groups -OCH3 is 1. The first-order chi connectivity index (χ1) is 25.2. The third kappa shape index (κ3) is 9.00. The second kappa shape index (κ2) is 16.4. The second-order valence-electron chi connectivity index (χ2n) is 12.3. The smallest absolute Gasteiger partial charge is 0.416 e. The van der Waals surface area contributed by atoms with Crippen LogP contribution in [0.5, 0.6) is 5.88 Å². The highest BCUT2D eigenvalue weighted by atomic mass is 19.4. The lowest BCUT2D eigenvalue weighted by Crippen LogP contribution is -2.52. The number of halogens is 6. The summed E-state index contributed by atoms with van der Waals surface area (Å²) >= 11 is 0. The summed E-state index contributed by atoms with van der Waals surface area (Å²) in [6, 6.07) is 3.07. The Kier molecular flexibility index (Phi) is 12.1. The maximum absolute atomic E-state index is 13.8. The van der Waals surface area contributed by atoms with Crippen molar-refractivity contribution in [1.29, 1.82) is 0 Å². The SMILES string of the molecule is CCOC(=O)N1c2ccc(OC)nc2[C@@H](Nc2ncc(N3CCN(OCC)CC3C=C=O)c(Cc3cc(C(F)(F)F)cc(C(F)(F)F)c3)n2)C[C@H]1CC.